The molecule has 0 aliphatic carbocycles. The maximum Gasteiger partial charge on any atom is 0.105 e. The number of aryl methyl sites for hydroxylation is 1. The van der Waals surface area contributed by atoms with Gasteiger partial charge in [-0.2, -0.15) is 0 Å². The van der Waals surface area contributed by atoms with Crippen molar-refractivity contribution in [3.05, 3.63) is 53.5 Å². The topological polar surface area (TPSA) is 42.4 Å². The van der Waals surface area contributed by atoms with Crippen molar-refractivity contribution in [2.24, 2.45) is 5.73 Å². The van der Waals surface area contributed by atoms with E-state index in [0.717, 1.165) is 30.0 Å². The molecule has 2 N–H and O–H groups in total. The second-order valence-corrected chi connectivity index (χ2v) is 4.55. The maximum absolute atomic E-state index is 5.59. The zero-order valence-electron chi connectivity index (χ0n) is 11.0. The number of likely N-dealkylation sites (N-methyl/N-ethyl adjacent to an activating group) is 1. The van der Waals surface area contributed by atoms with Crippen LogP contribution < -0.4 is 10.6 Å². The lowest BCUT2D eigenvalue weighted by Crippen LogP contribution is -2.20. The Bertz CT molecular complexity index is 487. The molecule has 3 nitrogen and oxygen atoms in total. The van der Waals surface area contributed by atoms with Gasteiger partial charge in [-0.1, -0.05) is 12.1 Å². The number of nitrogens with zero attached hydrogens (tertiary/aromatic N) is 1. The van der Waals surface area contributed by atoms with E-state index in [2.05, 4.69) is 36.2 Å². The van der Waals surface area contributed by atoms with Crippen LogP contribution in [0.2, 0.25) is 0 Å². The van der Waals surface area contributed by atoms with E-state index in [9.17, 15) is 0 Å². The number of rotatable bonds is 5. The lowest BCUT2D eigenvalue weighted by molar-refractivity contribution is 0.483. The van der Waals surface area contributed by atoms with Crippen molar-refractivity contribution in [2.45, 2.75) is 19.9 Å². The average Bonchev–Trinajstić information content (AvgIpc) is 2.82. The predicted octanol–water partition coefficient (Wildman–Crippen LogP) is 2.73. The summed E-state index contributed by atoms with van der Waals surface area (Å²) in [7, 11) is 2.09. The molecule has 1 heterocycles. The summed E-state index contributed by atoms with van der Waals surface area (Å²) in [4.78, 5) is 2.22. The van der Waals surface area contributed by atoms with E-state index in [1.807, 2.05) is 19.1 Å². The Kier molecular flexibility index (Phi) is 4.05. The molecule has 1 aromatic carbocycles. The summed E-state index contributed by atoms with van der Waals surface area (Å²) in [5, 5.41) is 0. The zero-order valence-corrected chi connectivity index (χ0v) is 11.0. The summed E-state index contributed by atoms with van der Waals surface area (Å²) in [6.07, 6.45) is 0.920. The lowest BCUT2D eigenvalue weighted by atomic mass is 10.2. The van der Waals surface area contributed by atoms with E-state index >= 15 is 0 Å². The molecule has 0 aliphatic heterocycles. The molecule has 3 heteroatoms. The summed E-state index contributed by atoms with van der Waals surface area (Å²) in [5.74, 6) is 2.01. The number of furan rings is 1. The van der Waals surface area contributed by atoms with Crippen LogP contribution in [0.25, 0.3) is 0 Å². The molecular weight excluding hydrogens is 224 g/mol. The minimum atomic E-state index is 0.593. The first kappa shape index (κ1) is 12.7. The van der Waals surface area contributed by atoms with Crippen LogP contribution in [0.4, 0.5) is 5.69 Å². The molecule has 2 aromatic rings. The van der Waals surface area contributed by atoms with Crippen LogP contribution in [0, 0.1) is 6.92 Å². The Morgan fingerprint density at radius 2 is 1.83 bits per heavy atom. The van der Waals surface area contributed by atoms with Crippen molar-refractivity contribution in [1.82, 2.24) is 0 Å². The number of anilines is 1. The van der Waals surface area contributed by atoms with E-state index < -0.39 is 0 Å². The standard InChI is InChI=1S/C15H20N2O/c1-12-3-8-15(18-12)9-10-17(2)14-6-4-13(11-16)5-7-14/h3-8H,9-11,16H2,1-2H3. The highest BCUT2D eigenvalue weighted by Gasteiger charge is 2.03. The molecule has 0 unspecified atom stereocenters. The molecule has 0 amide bonds. The fraction of sp³-hybridized carbons (Fsp3) is 0.333. The minimum absolute atomic E-state index is 0.593. The van der Waals surface area contributed by atoms with Gasteiger partial charge in [-0.25, -0.2) is 0 Å². The Morgan fingerprint density at radius 1 is 1.11 bits per heavy atom. The zero-order chi connectivity index (χ0) is 13.0. The molecule has 1 aromatic heterocycles. The molecule has 96 valence electrons. The predicted molar refractivity (Wildman–Crippen MR) is 74.8 cm³/mol. The fourth-order valence-corrected chi connectivity index (χ4v) is 1.91. The van der Waals surface area contributed by atoms with E-state index in [-0.39, 0.29) is 0 Å². The van der Waals surface area contributed by atoms with E-state index in [4.69, 9.17) is 10.2 Å². The van der Waals surface area contributed by atoms with Gasteiger partial charge in [0.25, 0.3) is 0 Å². The highest BCUT2D eigenvalue weighted by molar-refractivity contribution is 5.46. The Labute approximate surface area is 108 Å². The molecule has 0 spiro atoms. The van der Waals surface area contributed by atoms with Gasteiger partial charge in [0.15, 0.2) is 0 Å². The molecule has 2 rings (SSSR count). The summed E-state index contributed by atoms with van der Waals surface area (Å²) in [6, 6.07) is 12.4. The third kappa shape index (κ3) is 3.14. The van der Waals surface area contributed by atoms with Gasteiger partial charge in [-0.3, -0.25) is 0 Å². The van der Waals surface area contributed by atoms with Crippen LogP contribution in [-0.2, 0) is 13.0 Å². The largest absolute Gasteiger partial charge is 0.466 e. The number of nitrogens with two attached hydrogens (primary N) is 1. The summed E-state index contributed by atoms with van der Waals surface area (Å²) < 4.78 is 5.56. The summed E-state index contributed by atoms with van der Waals surface area (Å²) in [5.41, 5.74) is 7.95. The summed E-state index contributed by atoms with van der Waals surface area (Å²) >= 11 is 0. The van der Waals surface area contributed by atoms with E-state index in [0.29, 0.717) is 6.54 Å². The van der Waals surface area contributed by atoms with Crippen molar-refractivity contribution >= 4 is 5.69 Å². The van der Waals surface area contributed by atoms with Gasteiger partial charge < -0.3 is 15.1 Å². The molecule has 0 radical (unpaired) electrons. The smallest absolute Gasteiger partial charge is 0.105 e. The Balaban J connectivity index is 1.92. The van der Waals surface area contributed by atoms with Gasteiger partial charge in [0.1, 0.15) is 11.5 Å². The van der Waals surface area contributed by atoms with Crippen LogP contribution in [0.5, 0.6) is 0 Å². The third-order valence-electron chi connectivity index (χ3n) is 3.10. The normalized spacial score (nSPS) is 10.6. The molecule has 0 saturated heterocycles. The molecule has 0 bridgehead atoms. The molecular formula is C15H20N2O. The van der Waals surface area contributed by atoms with Gasteiger partial charge in [-0.15, -0.1) is 0 Å². The third-order valence-corrected chi connectivity index (χ3v) is 3.10. The quantitative estimate of drug-likeness (QED) is 0.879. The minimum Gasteiger partial charge on any atom is -0.466 e. The fourth-order valence-electron chi connectivity index (χ4n) is 1.91. The first-order valence-electron chi connectivity index (χ1n) is 6.24. The maximum atomic E-state index is 5.59. The van der Waals surface area contributed by atoms with Crippen LogP contribution in [0.15, 0.2) is 40.8 Å². The van der Waals surface area contributed by atoms with Crippen molar-refractivity contribution < 1.29 is 4.42 Å². The lowest BCUT2D eigenvalue weighted by Gasteiger charge is -2.18. The number of hydrogen-bond donors (Lipinski definition) is 1. The molecule has 18 heavy (non-hydrogen) atoms. The SMILES string of the molecule is Cc1ccc(CCN(C)c2ccc(CN)cc2)o1. The van der Waals surface area contributed by atoms with Crippen molar-refractivity contribution in [3.63, 3.8) is 0 Å². The van der Waals surface area contributed by atoms with Crippen LogP contribution in [0.1, 0.15) is 17.1 Å². The highest BCUT2D eigenvalue weighted by Crippen LogP contribution is 2.15. The number of benzene rings is 1. The molecule has 0 atom stereocenters. The van der Waals surface area contributed by atoms with Gasteiger partial charge in [0, 0.05) is 32.2 Å². The Morgan fingerprint density at radius 3 is 2.39 bits per heavy atom. The second-order valence-electron chi connectivity index (χ2n) is 4.55. The van der Waals surface area contributed by atoms with Gasteiger partial charge in [-0.05, 0) is 36.8 Å². The average molecular weight is 244 g/mol. The van der Waals surface area contributed by atoms with Crippen molar-refractivity contribution in [2.75, 3.05) is 18.5 Å². The van der Waals surface area contributed by atoms with E-state index in [1.165, 1.54) is 5.69 Å². The molecule has 0 saturated carbocycles. The van der Waals surface area contributed by atoms with Crippen molar-refractivity contribution in [1.29, 1.82) is 0 Å². The van der Waals surface area contributed by atoms with Crippen molar-refractivity contribution in [3.8, 4) is 0 Å². The van der Waals surface area contributed by atoms with Gasteiger partial charge >= 0.3 is 0 Å². The van der Waals surface area contributed by atoms with Crippen LogP contribution >= 0.6 is 0 Å². The Hall–Kier alpha value is -1.74. The first-order valence-corrected chi connectivity index (χ1v) is 6.24. The van der Waals surface area contributed by atoms with Crippen LogP contribution in [0.3, 0.4) is 0 Å². The monoisotopic (exact) mass is 244 g/mol. The second kappa shape index (κ2) is 5.74. The first-order chi connectivity index (χ1) is 8.69. The van der Waals surface area contributed by atoms with Crippen LogP contribution in [-0.4, -0.2) is 13.6 Å². The summed E-state index contributed by atoms with van der Waals surface area (Å²) in [6.45, 7) is 3.50. The highest BCUT2D eigenvalue weighted by atomic mass is 16.3. The number of hydrogen-bond acceptors (Lipinski definition) is 3. The van der Waals surface area contributed by atoms with E-state index in [1.54, 1.807) is 0 Å². The van der Waals surface area contributed by atoms with Gasteiger partial charge in [0.05, 0.1) is 0 Å². The van der Waals surface area contributed by atoms with Gasteiger partial charge in [0.2, 0.25) is 0 Å². The molecule has 0 aliphatic rings. The molecule has 0 fully saturated rings.